The number of benzene rings is 2. The van der Waals surface area contributed by atoms with Gasteiger partial charge in [-0.2, -0.15) is 0 Å². The van der Waals surface area contributed by atoms with Crippen molar-refractivity contribution in [1.29, 1.82) is 0 Å². The lowest BCUT2D eigenvalue weighted by Crippen LogP contribution is -2.51. The fourth-order valence-corrected chi connectivity index (χ4v) is 4.77. The summed E-state index contributed by atoms with van der Waals surface area (Å²) in [7, 11) is 0. The Morgan fingerprint density at radius 2 is 1.51 bits per heavy atom. The maximum atomic E-state index is 12.9. The molecule has 0 spiro atoms. The van der Waals surface area contributed by atoms with Crippen LogP contribution < -0.4 is 0 Å². The van der Waals surface area contributed by atoms with Gasteiger partial charge in [0.15, 0.2) is 6.10 Å². The molecular weight excluding hydrogens is 466 g/mol. The first-order chi connectivity index (χ1) is 16.9. The van der Waals surface area contributed by atoms with E-state index in [0.717, 1.165) is 19.6 Å². The monoisotopic (exact) mass is 497 g/mol. The fraction of sp³-hybridized carbons (Fsp3) is 0.444. The Morgan fingerprint density at radius 1 is 0.886 bits per heavy atom. The molecule has 0 bridgehead atoms. The van der Waals surface area contributed by atoms with E-state index in [0.29, 0.717) is 49.6 Å². The number of halogens is 1. The number of amides is 2. The molecule has 1 unspecified atom stereocenters. The molecule has 4 rings (SSSR count). The molecule has 2 aliphatic rings. The Morgan fingerprint density at radius 3 is 2.14 bits per heavy atom. The van der Waals surface area contributed by atoms with E-state index in [4.69, 9.17) is 16.3 Å². The molecule has 7 nitrogen and oxygen atoms in total. The van der Waals surface area contributed by atoms with Gasteiger partial charge < -0.3 is 14.5 Å². The Kier molecular flexibility index (Phi) is 8.42. The summed E-state index contributed by atoms with van der Waals surface area (Å²) in [5.41, 5.74) is 1.84. The smallest absolute Gasteiger partial charge is 0.309 e. The van der Waals surface area contributed by atoms with Crippen LogP contribution >= 0.6 is 11.6 Å². The predicted molar refractivity (Wildman–Crippen MR) is 134 cm³/mol. The lowest BCUT2D eigenvalue weighted by Gasteiger charge is -2.36. The second-order valence-electron chi connectivity index (χ2n) is 9.24. The number of nitrogens with zero attached hydrogens (tertiary/aromatic N) is 3. The van der Waals surface area contributed by atoms with Crippen molar-refractivity contribution >= 4 is 29.4 Å². The van der Waals surface area contributed by atoms with Crippen LogP contribution in [-0.4, -0.2) is 77.9 Å². The van der Waals surface area contributed by atoms with E-state index >= 15 is 0 Å². The van der Waals surface area contributed by atoms with E-state index in [1.54, 1.807) is 41.0 Å². The molecule has 0 N–H and O–H groups in total. The summed E-state index contributed by atoms with van der Waals surface area (Å²) in [6.45, 7) is 6.31. The first kappa shape index (κ1) is 25.2. The third-order valence-electron chi connectivity index (χ3n) is 6.78. The van der Waals surface area contributed by atoms with Gasteiger partial charge in [0.05, 0.1) is 5.92 Å². The Balaban J connectivity index is 1.19. The average Bonchev–Trinajstić information content (AvgIpc) is 2.89. The molecule has 0 aliphatic carbocycles. The van der Waals surface area contributed by atoms with Crippen LogP contribution in [0.2, 0.25) is 5.02 Å². The summed E-state index contributed by atoms with van der Waals surface area (Å²) in [6.07, 6.45) is 0.242. The molecule has 2 fully saturated rings. The van der Waals surface area contributed by atoms with Crippen molar-refractivity contribution in [3.8, 4) is 0 Å². The lowest BCUT2D eigenvalue weighted by molar-refractivity contribution is -0.164. The van der Waals surface area contributed by atoms with Crippen molar-refractivity contribution in [1.82, 2.24) is 14.7 Å². The number of hydrogen-bond donors (Lipinski definition) is 0. The normalized spacial score (nSPS) is 18.2. The van der Waals surface area contributed by atoms with Crippen LogP contribution in [0.4, 0.5) is 0 Å². The second kappa shape index (κ2) is 11.7. The van der Waals surface area contributed by atoms with Crippen molar-refractivity contribution < 1.29 is 19.1 Å². The zero-order valence-electron chi connectivity index (χ0n) is 20.1. The molecule has 2 aromatic carbocycles. The molecular formula is C27H32ClN3O4. The molecule has 35 heavy (non-hydrogen) atoms. The van der Waals surface area contributed by atoms with E-state index in [1.165, 1.54) is 5.56 Å². The van der Waals surface area contributed by atoms with E-state index in [-0.39, 0.29) is 23.7 Å². The number of likely N-dealkylation sites (tertiary alicyclic amines) is 1. The van der Waals surface area contributed by atoms with Gasteiger partial charge in [0.25, 0.3) is 11.8 Å². The van der Waals surface area contributed by atoms with Gasteiger partial charge in [0.2, 0.25) is 0 Å². The van der Waals surface area contributed by atoms with Gasteiger partial charge in [-0.1, -0.05) is 41.9 Å². The van der Waals surface area contributed by atoms with Crippen molar-refractivity contribution in [2.45, 2.75) is 32.4 Å². The summed E-state index contributed by atoms with van der Waals surface area (Å²) in [4.78, 5) is 44.1. The Hall–Kier alpha value is -2.90. The van der Waals surface area contributed by atoms with Crippen LogP contribution in [0.1, 0.15) is 35.7 Å². The minimum Gasteiger partial charge on any atom is -0.452 e. The van der Waals surface area contributed by atoms with Crippen LogP contribution in [0, 0.1) is 5.92 Å². The van der Waals surface area contributed by atoms with E-state index in [2.05, 4.69) is 17.0 Å². The first-order valence-corrected chi connectivity index (χ1v) is 12.6. The topological polar surface area (TPSA) is 70.2 Å². The molecule has 1 atom stereocenters. The van der Waals surface area contributed by atoms with Crippen molar-refractivity contribution in [3.05, 3.63) is 70.7 Å². The largest absolute Gasteiger partial charge is 0.452 e. The van der Waals surface area contributed by atoms with Crippen molar-refractivity contribution in [3.63, 3.8) is 0 Å². The van der Waals surface area contributed by atoms with Gasteiger partial charge >= 0.3 is 5.97 Å². The number of carbonyl (C=O) groups is 3. The highest BCUT2D eigenvalue weighted by molar-refractivity contribution is 6.30. The third kappa shape index (κ3) is 6.61. The zero-order chi connectivity index (χ0) is 24.8. The highest BCUT2D eigenvalue weighted by Gasteiger charge is 2.32. The summed E-state index contributed by atoms with van der Waals surface area (Å²) in [5.74, 6) is -0.870. The van der Waals surface area contributed by atoms with E-state index < -0.39 is 6.10 Å². The van der Waals surface area contributed by atoms with Crippen LogP contribution in [0.3, 0.4) is 0 Å². The van der Waals surface area contributed by atoms with E-state index in [1.807, 2.05) is 18.2 Å². The molecule has 0 aromatic heterocycles. The standard InChI is InChI=1S/C27H32ClN3O4/c1-20(25(32)31-17-15-29(16-18-31)19-21-5-3-2-4-6-21)35-27(34)23-11-13-30(14-12-23)26(33)22-7-9-24(28)10-8-22/h2-10,20,23H,11-19H2,1H3. The molecule has 8 heteroatoms. The Labute approximate surface area is 211 Å². The van der Waals surface area contributed by atoms with Gasteiger partial charge in [0, 0.05) is 56.4 Å². The van der Waals surface area contributed by atoms with Gasteiger partial charge in [-0.3, -0.25) is 19.3 Å². The Bertz CT molecular complexity index is 1010. The van der Waals surface area contributed by atoms with Crippen molar-refractivity contribution in [2.75, 3.05) is 39.3 Å². The lowest BCUT2D eigenvalue weighted by atomic mass is 9.96. The van der Waals surface area contributed by atoms with Crippen molar-refractivity contribution in [2.24, 2.45) is 5.92 Å². The minimum atomic E-state index is -0.808. The fourth-order valence-electron chi connectivity index (χ4n) is 4.64. The molecule has 2 amide bonds. The quantitative estimate of drug-likeness (QED) is 0.571. The van der Waals surface area contributed by atoms with Gasteiger partial charge in [-0.15, -0.1) is 0 Å². The number of carbonyl (C=O) groups excluding carboxylic acids is 3. The van der Waals surface area contributed by atoms with Gasteiger partial charge in [0.1, 0.15) is 0 Å². The summed E-state index contributed by atoms with van der Waals surface area (Å²) in [5, 5.41) is 0.584. The molecule has 2 saturated heterocycles. The summed E-state index contributed by atoms with van der Waals surface area (Å²) >= 11 is 5.90. The molecule has 186 valence electrons. The average molecular weight is 498 g/mol. The maximum absolute atomic E-state index is 12.9. The number of ether oxygens (including phenoxy) is 1. The maximum Gasteiger partial charge on any atom is 0.309 e. The molecule has 2 aromatic rings. The SMILES string of the molecule is CC(OC(=O)C1CCN(C(=O)c2ccc(Cl)cc2)CC1)C(=O)N1CCN(Cc2ccccc2)CC1. The van der Waals surface area contributed by atoms with E-state index in [9.17, 15) is 14.4 Å². The van der Waals surface area contributed by atoms with Gasteiger partial charge in [-0.05, 0) is 49.6 Å². The summed E-state index contributed by atoms with van der Waals surface area (Å²) in [6, 6.07) is 17.1. The van der Waals surface area contributed by atoms with Crippen LogP contribution in [0.5, 0.6) is 0 Å². The number of piperazine rings is 1. The number of hydrogen-bond acceptors (Lipinski definition) is 5. The molecule has 0 radical (unpaired) electrons. The predicted octanol–water partition coefficient (Wildman–Crippen LogP) is 3.47. The molecule has 0 saturated carbocycles. The summed E-state index contributed by atoms with van der Waals surface area (Å²) < 4.78 is 5.56. The number of piperidine rings is 1. The minimum absolute atomic E-state index is 0.0663. The molecule has 2 heterocycles. The highest BCUT2D eigenvalue weighted by atomic mass is 35.5. The van der Waals surface area contributed by atoms with Crippen LogP contribution in [0.15, 0.2) is 54.6 Å². The zero-order valence-corrected chi connectivity index (χ0v) is 20.8. The number of rotatable bonds is 6. The third-order valence-corrected chi connectivity index (χ3v) is 7.03. The number of esters is 1. The van der Waals surface area contributed by atoms with Gasteiger partial charge in [-0.25, -0.2) is 0 Å². The first-order valence-electron chi connectivity index (χ1n) is 12.2. The van der Waals surface area contributed by atoms with Crippen LogP contribution in [0.25, 0.3) is 0 Å². The second-order valence-corrected chi connectivity index (χ2v) is 9.68. The highest BCUT2D eigenvalue weighted by Crippen LogP contribution is 2.22. The molecule has 2 aliphatic heterocycles. The van der Waals surface area contributed by atoms with Crippen LogP contribution in [-0.2, 0) is 20.9 Å².